The van der Waals surface area contributed by atoms with E-state index < -0.39 is 0 Å². The van der Waals surface area contributed by atoms with Crippen molar-refractivity contribution in [1.82, 2.24) is 5.32 Å². The number of aryl methyl sites for hydroxylation is 2. The average molecular weight is 415 g/mol. The van der Waals surface area contributed by atoms with Crippen molar-refractivity contribution in [3.63, 3.8) is 0 Å². The van der Waals surface area contributed by atoms with Gasteiger partial charge >= 0.3 is 0 Å². The van der Waals surface area contributed by atoms with Crippen LogP contribution in [0.2, 0.25) is 0 Å². The highest BCUT2D eigenvalue weighted by atomic mass is 16.2. The van der Waals surface area contributed by atoms with E-state index in [0.717, 1.165) is 28.8 Å². The van der Waals surface area contributed by atoms with Crippen molar-refractivity contribution < 1.29 is 9.59 Å². The standard InChI is InChI=1S/C27H30N2O2/c1-4-16-28-26(30)18-23-9-7-10-24(17-23)29(19-22-14-12-20(2)13-15-22)27(31)25-11-6-5-8-21(25)3/h5-15,17H,4,16,18-19H2,1-3H3,(H,28,30). The van der Waals surface area contributed by atoms with Crippen LogP contribution in [0.15, 0.2) is 72.8 Å². The Labute approximate surface area is 184 Å². The summed E-state index contributed by atoms with van der Waals surface area (Å²) in [6.45, 7) is 7.16. The Balaban J connectivity index is 1.93. The maximum Gasteiger partial charge on any atom is 0.258 e. The van der Waals surface area contributed by atoms with Gasteiger partial charge < -0.3 is 10.2 Å². The Kier molecular flexibility index (Phi) is 7.60. The smallest absolute Gasteiger partial charge is 0.258 e. The van der Waals surface area contributed by atoms with Crippen LogP contribution in [0.5, 0.6) is 0 Å². The van der Waals surface area contributed by atoms with Gasteiger partial charge in [-0.3, -0.25) is 9.59 Å². The van der Waals surface area contributed by atoms with Crippen molar-refractivity contribution in [1.29, 1.82) is 0 Å². The number of nitrogens with one attached hydrogen (secondary N) is 1. The Bertz CT molecular complexity index is 1040. The van der Waals surface area contributed by atoms with Crippen LogP contribution in [0.3, 0.4) is 0 Å². The van der Waals surface area contributed by atoms with E-state index in [1.165, 1.54) is 5.56 Å². The van der Waals surface area contributed by atoms with Gasteiger partial charge in [0.1, 0.15) is 0 Å². The molecule has 2 amide bonds. The van der Waals surface area contributed by atoms with Gasteiger partial charge in [-0.05, 0) is 55.2 Å². The SMILES string of the molecule is CCCNC(=O)Cc1cccc(N(Cc2ccc(C)cc2)C(=O)c2ccccc2C)c1. The van der Waals surface area contributed by atoms with Crippen molar-refractivity contribution in [3.8, 4) is 0 Å². The molecule has 0 aromatic heterocycles. The number of rotatable bonds is 8. The van der Waals surface area contributed by atoms with Crippen molar-refractivity contribution in [2.24, 2.45) is 0 Å². The van der Waals surface area contributed by atoms with Crippen LogP contribution in [0.4, 0.5) is 5.69 Å². The quantitative estimate of drug-likeness (QED) is 0.549. The molecular weight excluding hydrogens is 384 g/mol. The third-order valence-electron chi connectivity index (χ3n) is 5.24. The maximum absolute atomic E-state index is 13.6. The second-order valence-electron chi connectivity index (χ2n) is 7.89. The number of benzene rings is 3. The molecule has 0 saturated carbocycles. The van der Waals surface area contributed by atoms with Crippen molar-refractivity contribution in [2.75, 3.05) is 11.4 Å². The van der Waals surface area contributed by atoms with Crippen LogP contribution in [0.25, 0.3) is 0 Å². The van der Waals surface area contributed by atoms with E-state index in [0.29, 0.717) is 25.1 Å². The Morgan fingerprint density at radius 1 is 0.871 bits per heavy atom. The first-order chi connectivity index (χ1) is 15.0. The molecule has 0 saturated heterocycles. The highest BCUT2D eigenvalue weighted by Crippen LogP contribution is 2.23. The van der Waals surface area contributed by atoms with Crippen LogP contribution >= 0.6 is 0 Å². The summed E-state index contributed by atoms with van der Waals surface area (Å²) >= 11 is 0. The van der Waals surface area contributed by atoms with Gasteiger partial charge in [-0.15, -0.1) is 0 Å². The molecule has 0 aliphatic rings. The molecule has 160 valence electrons. The zero-order valence-electron chi connectivity index (χ0n) is 18.5. The van der Waals surface area contributed by atoms with E-state index in [-0.39, 0.29) is 11.8 Å². The lowest BCUT2D eigenvalue weighted by Crippen LogP contribution is -2.31. The molecule has 0 bridgehead atoms. The Morgan fingerprint density at radius 3 is 2.32 bits per heavy atom. The van der Waals surface area contributed by atoms with Crippen LogP contribution in [0.1, 0.15) is 46.0 Å². The minimum atomic E-state index is -0.0498. The second-order valence-corrected chi connectivity index (χ2v) is 7.89. The van der Waals surface area contributed by atoms with E-state index in [1.54, 1.807) is 4.90 Å². The van der Waals surface area contributed by atoms with Gasteiger partial charge in [0.05, 0.1) is 13.0 Å². The van der Waals surface area contributed by atoms with Crippen molar-refractivity contribution in [3.05, 3.63) is 101 Å². The lowest BCUT2D eigenvalue weighted by Gasteiger charge is -2.24. The maximum atomic E-state index is 13.6. The molecule has 0 aliphatic carbocycles. The summed E-state index contributed by atoms with van der Waals surface area (Å²) in [6, 6.07) is 23.6. The first kappa shape index (κ1) is 22.3. The summed E-state index contributed by atoms with van der Waals surface area (Å²) in [4.78, 5) is 27.5. The van der Waals surface area contributed by atoms with Crippen LogP contribution < -0.4 is 10.2 Å². The van der Waals surface area contributed by atoms with E-state index in [4.69, 9.17) is 0 Å². The van der Waals surface area contributed by atoms with Gasteiger partial charge in [-0.1, -0.05) is 67.1 Å². The monoisotopic (exact) mass is 414 g/mol. The van der Waals surface area contributed by atoms with E-state index >= 15 is 0 Å². The van der Waals surface area contributed by atoms with Crippen LogP contribution in [-0.2, 0) is 17.8 Å². The minimum Gasteiger partial charge on any atom is -0.356 e. The number of hydrogen-bond donors (Lipinski definition) is 1. The highest BCUT2D eigenvalue weighted by molar-refractivity contribution is 6.07. The fourth-order valence-corrected chi connectivity index (χ4v) is 3.46. The lowest BCUT2D eigenvalue weighted by molar-refractivity contribution is -0.120. The number of nitrogens with zero attached hydrogens (tertiary/aromatic N) is 1. The van der Waals surface area contributed by atoms with Gasteiger partial charge in [0, 0.05) is 17.8 Å². The summed E-state index contributed by atoms with van der Waals surface area (Å²) in [5.74, 6) is -0.0550. The molecule has 31 heavy (non-hydrogen) atoms. The van der Waals surface area contributed by atoms with E-state index in [2.05, 4.69) is 29.6 Å². The second kappa shape index (κ2) is 10.6. The number of anilines is 1. The molecule has 0 spiro atoms. The van der Waals surface area contributed by atoms with Gasteiger partial charge in [-0.25, -0.2) is 0 Å². The molecule has 0 atom stereocenters. The van der Waals surface area contributed by atoms with E-state index in [1.807, 2.05) is 69.3 Å². The van der Waals surface area contributed by atoms with Crippen LogP contribution in [0, 0.1) is 13.8 Å². The largest absolute Gasteiger partial charge is 0.356 e. The third-order valence-corrected chi connectivity index (χ3v) is 5.24. The van der Waals surface area contributed by atoms with Crippen molar-refractivity contribution >= 4 is 17.5 Å². The Morgan fingerprint density at radius 2 is 1.61 bits per heavy atom. The fourth-order valence-electron chi connectivity index (χ4n) is 3.46. The molecular formula is C27H30N2O2. The van der Waals surface area contributed by atoms with Crippen molar-refractivity contribution in [2.45, 2.75) is 40.2 Å². The third kappa shape index (κ3) is 6.05. The first-order valence-electron chi connectivity index (χ1n) is 10.8. The zero-order chi connectivity index (χ0) is 22.2. The average Bonchev–Trinajstić information content (AvgIpc) is 2.77. The molecule has 3 aromatic rings. The molecule has 0 radical (unpaired) electrons. The molecule has 4 heteroatoms. The predicted octanol–water partition coefficient (Wildman–Crippen LogP) is 5.22. The Hall–Kier alpha value is -3.40. The number of hydrogen-bond acceptors (Lipinski definition) is 2. The summed E-state index contributed by atoms with van der Waals surface area (Å²) < 4.78 is 0. The zero-order valence-corrected chi connectivity index (χ0v) is 18.5. The van der Waals surface area contributed by atoms with Gasteiger partial charge in [0.25, 0.3) is 5.91 Å². The van der Waals surface area contributed by atoms with Gasteiger partial charge in [0.2, 0.25) is 5.91 Å². The van der Waals surface area contributed by atoms with Crippen LogP contribution in [-0.4, -0.2) is 18.4 Å². The van der Waals surface area contributed by atoms with Gasteiger partial charge in [0.15, 0.2) is 0 Å². The molecule has 0 heterocycles. The van der Waals surface area contributed by atoms with Gasteiger partial charge in [-0.2, -0.15) is 0 Å². The summed E-state index contributed by atoms with van der Waals surface area (Å²) in [5.41, 5.74) is 5.53. The molecule has 0 aliphatic heterocycles. The summed E-state index contributed by atoms with van der Waals surface area (Å²) in [6.07, 6.45) is 1.20. The molecule has 3 rings (SSSR count). The predicted molar refractivity (Wildman–Crippen MR) is 126 cm³/mol. The van der Waals surface area contributed by atoms with E-state index in [9.17, 15) is 9.59 Å². The molecule has 0 unspecified atom stereocenters. The number of carbonyl (C=O) groups excluding carboxylic acids is 2. The molecule has 4 nitrogen and oxygen atoms in total. The first-order valence-corrected chi connectivity index (χ1v) is 10.8. The molecule has 1 N–H and O–H groups in total. The molecule has 0 fully saturated rings. The number of amides is 2. The number of carbonyl (C=O) groups is 2. The minimum absolute atomic E-state index is 0.00526. The lowest BCUT2D eigenvalue weighted by atomic mass is 10.0. The summed E-state index contributed by atoms with van der Waals surface area (Å²) in [5, 5.41) is 2.91. The molecule has 3 aromatic carbocycles. The highest BCUT2D eigenvalue weighted by Gasteiger charge is 2.20. The fraction of sp³-hybridized carbons (Fsp3) is 0.259. The topological polar surface area (TPSA) is 49.4 Å². The normalized spacial score (nSPS) is 10.5. The summed E-state index contributed by atoms with van der Waals surface area (Å²) in [7, 11) is 0.